The van der Waals surface area contributed by atoms with Gasteiger partial charge in [0.1, 0.15) is 18.5 Å². The second kappa shape index (κ2) is 12.0. The lowest BCUT2D eigenvalue weighted by atomic mass is 9.77. The van der Waals surface area contributed by atoms with Crippen molar-refractivity contribution in [3.63, 3.8) is 0 Å². The van der Waals surface area contributed by atoms with Gasteiger partial charge in [-0.25, -0.2) is 0 Å². The summed E-state index contributed by atoms with van der Waals surface area (Å²) < 4.78 is 22.5. The van der Waals surface area contributed by atoms with Crippen molar-refractivity contribution in [3.8, 4) is 11.5 Å². The summed E-state index contributed by atoms with van der Waals surface area (Å²) in [5, 5.41) is 23.5. The van der Waals surface area contributed by atoms with Crippen molar-refractivity contribution in [1.82, 2.24) is 10.2 Å². The van der Waals surface area contributed by atoms with Crippen LogP contribution in [0.15, 0.2) is 23.8 Å². The number of rotatable bonds is 11. The van der Waals surface area contributed by atoms with Gasteiger partial charge in [0.2, 0.25) is 11.8 Å². The van der Waals surface area contributed by atoms with Gasteiger partial charge < -0.3 is 39.4 Å². The second-order valence-electron chi connectivity index (χ2n) is 9.33. The molecular formula is C26H34N2O9. The van der Waals surface area contributed by atoms with E-state index in [-0.39, 0.29) is 50.3 Å². The van der Waals surface area contributed by atoms with E-state index in [2.05, 4.69) is 5.32 Å². The van der Waals surface area contributed by atoms with Gasteiger partial charge in [0.05, 0.1) is 44.8 Å². The Morgan fingerprint density at radius 2 is 2.11 bits per heavy atom. The fraction of sp³-hybridized carbons (Fsp3) is 0.577. The van der Waals surface area contributed by atoms with Gasteiger partial charge in [-0.1, -0.05) is 0 Å². The maximum Gasteiger partial charge on any atom is 0.247 e. The maximum absolute atomic E-state index is 13.3. The number of fused-ring (bicyclic) bond motifs is 3. The van der Waals surface area contributed by atoms with Crippen molar-refractivity contribution < 1.29 is 43.5 Å². The summed E-state index contributed by atoms with van der Waals surface area (Å²) in [5.41, 5.74) is 1.14. The van der Waals surface area contributed by atoms with Gasteiger partial charge in [0, 0.05) is 43.5 Å². The van der Waals surface area contributed by atoms with Crippen LogP contribution in [0.3, 0.4) is 0 Å². The molecule has 11 nitrogen and oxygen atoms in total. The lowest BCUT2D eigenvalue weighted by Crippen LogP contribution is -2.57. The lowest BCUT2D eigenvalue weighted by molar-refractivity contribution is -0.140. The van der Waals surface area contributed by atoms with Crippen molar-refractivity contribution in [2.75, 3.05) is 47.1 Å². The van der Waals surface area contributed by atoms with E-state index in [9.17, 15) is 24.6 Å². The van der Waals surface area contributed by atoms with Crippen LogP contribution in [0, 0.1) is 0 Å². The lowest BCUT2D eigenvalue weighted by Gasteiger charge is -2.41. The van der Waals surface area contributed by atoms with Crippen LogP contribution in [0.1, 0.15) is 41.1 Å². The van der Waals surface area contributed by atoms with E-state index in [1.54, 1.807) is 12.1 Å². The van der Waals surface area contributed by atoms with Gasteiger partial charge >= 0.3 is 0 Å². The number of ether oxygens (including phenoxy) is 4. The monoisotopic (exact) mass is 518 g/mol. The van der Waals surface area contributed by atoms with Gasteiger partial charge in [0.15, 0.2) is 11.5 Å². The first kappa shape index (κ1) is 27.1. The molecule has 1 saturated heterocycles. The van der Waals surface area contributed by atoms with Crippen LogP contribution in [0.25, 0.3) is 0 Å². The van der Waals surface area contributed by atoms with Crippen molar-refractivity contribution in [2.24, 2.45) is 0 Å². The smallest absolute Gasteiger partial charge is 0.247 e. The third-order valence-corrected chi connectivity index (χ3v) is 7.04. The largest absolute Gasteiger partial charge is 0.493 e. The van der Waals surface area contributed by atoms with Crippen LogP contribution in [-0.2, 0) is 19.1 Å². The Bertz CT molecular complexity index is 1040. The normalized spacial score (nSPS) is 25.9. The van der Waals surface area contributed by atoms with Crippen molar-refractivity contribution in [2.45, 2.75) is 49.5 Å². The van der Waals surface area contributed by atoms with Crippen LogP contribution in [0.2, 0.25) is 0 Å². The molecule has 5 atom stereocenters. The van der Waals surface area contributed by atoms with E-state index < -0.39 is 30.1 Å². The number of hydrogen-bond acceptors (Lipinski definition) is 9. The molecular weight excluding hydrogens is 484 g/mol. The van der Waals surface area contributed by atoms with Crippen molar-refractivity contribution in [3.05, 3.63) is 34.9 Å². The molecule has 11 heteroatoms. The van der Waals surface area contributed by atoms with Crippen LogP contribution in [0.4, 0.5) is 0 Å². The highest BCUT2D eigenvalue weighted by molar-refractivity contribution is 5.96. The summed E-state index contributed by atoms with van der Waals surface area (Å²) in [4.78, 5) is 39.7. The van der Waals surface area contributed by atoms with Crippen LogP contribution in [0.5, 0.6) is 11.5 Å². The Morgan fingerprint density at radius 1 is 1.30 bits per heavy atom. The molecule has 2 aliphatic heterocycles. The summed E-state index contributed by atoms with van der Waals surface area (Å²) in [5.74, 6) is -0.787. The fourth-order valence-corrected chi connectivity index (χ4v) is 5.29. The van der Waals surface area contributed by atoms with Crippen molar-refractivity contribution in [1.29, 1.82) is 0 Å². The van der Waals surface area contributed by atoms with E-state index in [0.717, 1.165) is 12.8 Å². The molecule has 0 spiro atoms. The number of hydrogen-bond donors (Lipinski definition) is 3. The zero-order valence-electron chi connectivity index (χ0n) is 21.1. The summed E-state index contributed by atoms with van der Waals surface area (Å²) in [6.07, 6.45) is 1.73. The average molecular weight is 519 g/mol. The fourth-order valence-electron chi connectivity index (χ4n) is 5.29. The molecule has 37 heavy (non-hydrogen) atoms. The molecule has 1 aliphatic carbocycles. The number of amides is 2. The molecule has 1 aromatic carbocycles. The summed E-state index contributed by atoms with van der Waals surface area (Å²) in [6.45, 7) is 0.825. The number of nitrogens with zero attached hydrogens (tertiary/aromatic N) is 1. The Hall–Kier alpha value is -2.99. The summed E-state index contributed by atoms with van der Waals surface area (Å²) in [6, 6.07) is 2.26. The number of nitrogens with one attached hydrogen (secondary N) is 1. The highest BCUT2D eigenvalue weighted by atomic mass is 16.5. The average Bonchev–Trinajstić information content (AvgIpc) is 3.57. The maximum atomic E-state index is 13.3. The molecule has 1 aromatic rings. The number of carbonyl (C=O) groups excluding carboxylic acids is 3. The summed E-state index contributed by atoms with van der Waals surface area (Å²) >= 11 is 0. The minimum absolute atomic E-state index is 0.0264. The predicted octanol–water partition coefficient (Wildman–Crippen LogP) is 0.174. The first-order valence-electron chi connectivity index (χ1n) is 12.5. The van der Waals surface area contributed by atoms with Crippen LogP contribution >= 0.6 is 0 Å². The highest BCUT2D eigenvalue weighted by Crippen LogP contribution is 2.51. The van der Waals surface area contributed by atoms with Gasteiger partial charge in [-0.15, -0.1) is 0 Å². The third-order valence-electron chi connectivity index (χ3n) is 7.04. The number of aldehydes is 1. The molecule has 4 rings (SSSR count). The van der Waals surface area contributed by atoms with Crippen molar-refractivity contribution >= 4 is 18.1 Å². The van der Waals surface area contributed by atoms with Crippen LogP contribution in [-0.4, -0.2) is 105 Å². The Labute approximate surface area is 215 Å². The molecule has 3 N–H and O–H groups in total. The third kappa shape index (κ3) is 5.49. The quantitative estimate of drug-likeness (QED) is 0.349. The number of carbonyl (C=O) groups is 3. The van der Waals surface area contributed by atoms with E-state index in [0.29, 0.717) is 35.5 Å². The minimum Gasteiger partial charge on any atom is -0.493 e. The molecule has 0 radical (unpaired) electrons. The number of aliphatic hydroxyl groups is 2. The predicted molar refractivity (Wildman–Crippen MR) is 131 cm³/mol. The molecule has 0 saturated carbocycles. The number of aliphatic hydroxyl groups excluding tert-OH is 2. The zero-order chi connectivity index (χ0) is 26.5. The van der Waals surface area contributed by atoms with Gasteiger partial charge in [-0.05, 0) is 31.1 Å². The first-order valence-corrected chi connectivity index (χ1v) is 12.5. The number of methoxy groups -OCH3 is 2. The molecule has 0 unspecified atom stereocenters. The second-order valence-corrected chi connectivity index (χ2v) is 9.33. The molecule has 202 valence electrons. The zero-order valence-corrected chi connectivity index (χ0v) is 21.1. The van der Waals surface area contributed by atoms with Gasteiger partial charge in [0.25, 0.3) is 0 Å². The Morgan fingerprint density at radius 3 is 2.76 bits per heavy atom. The van der Waals surface area contributed by atoms with E-state index in [4.69, 9.17) is 18.9 Å². The molecule has 2 amide bonds. The summed E-state index contributed by atoms with van der Waals surface area (Å²) in [7, 11) is 2.95. The van der Waals surface area contributed by atoms with Crippen LogP contribution < -0.4 is 14.8 Å². The molecule has 0 bridgehead atoms. The Balaban J connectivity index is 1.77. The number of benzene rings is 1. The standard InChI is InChI=1S/C26H34N2O9/c1-34-9-5-21(31)28(13-16-4-3-8-36-16)19-12-18(26(33)27-6-7-29)22-17-10-15(14-30)11-20(35-2)24(17)37-25(22)23(19)32/h10-12,14,16,19,22-23,25,29,32H,3-9,13H2,1-2H3,(H,27,33)/t16-,19+,22-,23-,25-/m0/s1. The van der Waals surface area contributed by atoms with Gasteiger partial charge in [-0.2, -0.15) is 0 Å². The highest BCUT2D eigenvalue weighted by Gasteiger charge is 2.51. The van der Waals surface area contributed by atoms with Gasteiger partial charge in [-0.3, -0.25) is 14.4 Å². The molecule has 1 fully saturated rings. The molecule has 2 heterocycles. The molecule has 3 aliphatic rings. The topological polar surface area (TPSA) is 144 Å². The Kier molecular flexibility index (Phi) is 8.80. The molecule has 0 aromatic heterocycles. The first-order chi connectivity index (χ1) is 17.9. The SMILES string of the molecule is COCCC(=O)N(C[C@@H]1CCCO1)[C@@H]1C=C(C(=O)NCCO)[C@@H]2c3cc(C=O)cc(OC)c3O[C@@H]2[C@H]1O. The van der Waals surface area contributed by atoms with E-state index in [1.807, 2.05) is 0 Å². The minimum atomic E-state index is -1.19. The van der Waals surface area contributed by atoms with E-state index in [1.165, 1.54) is 25.2 Å². The van der Waals surface area contributed by atoms with E-state index >= 15 is 0 Å².